The average molecular weight is 256 g/mol. The van der Waals surface area contributed by atoms with Crippen LogP contribution >= 0.6 is 23.2 Å². The molecule has 2 nitrogen and oxygen atoms in total. The lowest BCUT2D eigenvalue weighted by Crippen LogP contribution is -1.97. The quantitative estimate of drug-likeness (QED) is 0.895. The van der Waals surface area contributed by atoms with Gasteiger partial charge < -0.3 is 9.67 Å². The first-order chi connectivity index (χ1) is 7.70. The van der Waals surface area contributed by atoms with E-state index in [0.717, 1.165) is 11.1 Å². The minimum Gasteiger partial charge on any atom is -0.392 e. The number of nitrogens with zero attached hydrogens (tertiary/aromatic N) is 1. The Kier molecular flexibility index (Phi) is 3.54. The molecular formula is C12H11Cl2NO. The van der Waals surface area contributed by atoms with Crippen molar-refractivity contribution in [2.45, 2.75) is 13.2 Å². The van der Waals surface area contributed by atoms with E-state index < -0.39 is 0 Å². The molecule has 84 valence electrons. The molecule has 0 aliphatic rings. The maximum absolute atomic E-state index is 8.96. The Hall–Kier alpha value is -0.960. The van der Waals surface area contributed by atoms with E-state index in [9.17, 15) is 0 Å². The number of aromatic nitrogens is 1. The number of rotatable bonds is 3. The second-order valence-electron chi connectivity index (χ2n) is 3.56. The van der Waals surface area contributed by atoms with E-state index in [2.05, 4.69) is 0 Å². The lowest BCUT2D eigenvalue weighted by molar-refractivity contribution is 0.282. The summed E-state index contributed by atoms with van der Waals surface area (Å²) in [5.74, 6) is 0. The molecule has 0 spiro atoms. The molecule has 0 fully saturated rings. The number of aliphatic hydroxyl groups is 1. The summed E-state index contributed by atoms with van der Waals surface area (Å²) in [5, 5.41) is 10.1. The molecule has 0 saturated carbocycles. The van der Waals surface area contributed by atoms with Gasteiger partial charge in [-0.15, -0.1) is 0 Å². The van der Waals surface area contributed by atoms with Crippen LogP contribution < -0.4 is 0 Å². The van der Waals surface area contributed by atoms with Gasteiger partial charge in [-0.05, 0) is 23.3 Å². The van der Waals surface area contributed by atoms with Gasteiger partial charge in [0.05, 0.1) is 16.7 Å². The molecule has 0 aliphatic carbocycles. The Labute approximate surface area is 104 Å². The van der Waals surface area contributed by atoms with E-state index in [0.29, 0.717) is 16.6 Å². The molecule has 1 aromatic carbocycles. The average Bonchev–Trinajstić information content (AvgIpc) is 2.73. The largest absolute Gasteiger partial charge is 0.392 e. The highest BCUT2D eigenvalue weighted by Gasteiger charge is 2.04. The maximum Gasteiger partial charge on any atom is 0.0696 e. The summed E-state index contributed by atoms with van der Waals surface area (Å²) >= 11 is 12.0. The highest BCUT2D eigenvalue weighted by atomic mass is 35.5. The van der Waals surface area contributed by atoms with Crippen molar-refractivity contribution in [3.63, 3.8) is 0 Å². The summed E-state index contributed by atoms with van der Waals surface area (Å²) in [6, 6.07) is 7.45. The van der Waals surface area contributed by atoms with Gasteiger partial charge in [-0.1, -0.05) is 35.3 Å². The Morgan fingerprint density at radius 3 is 2.69 bits per heavy atom. The molecule has 0 aliphatic heterocycles. The van der Waals surface area contributed by atoms with Crippen LogP contribution in [-0.2, 0) is 13.2 Å². The van der Waals surface area contributed by atoms with Crippen LogP contribution in [0.4, 0.5) is 0 Å². The summed E-state index contributed by atoms with van der Waals surface area (Å²) in [7, 11) is 0. The first-order valence-corrected chi connectivity index (χ1v) is 5.64. The second-order valence-corrected chi connectivity index (χ2v) is 4.35. The van der Waals surface area contributed by atoms with E-state index in [1.807, 2.05) is 35.2 Å². The van der Waals surface area contributed by atoms with Crippen LogP contribution in [0.2, 0.25) is 10.0 Å². The Morgan fingerprint density at radius 2 is 2.00 bits per heavy atom. The summed E-state index contributed by atoms with van der Waals surface area (Å²) in [4.78, 5) is 0. The number of aliphatic hydroxyl groups excluding tert-OH is 1. The monoisotopic (exact) mass is 255 g/mol. The van der Waals surface area contributed by atoms with Crippen LogP contribution in [0.3, 0.4) is 0 Å². The van der Waals surface area contributed by atoms with Crippen molar-refractivity contribution >= 4 is 23.2 Å². The van der Waals surface area contributed by atoms with Crippen LogP contribution in [0.1, 0.15) is 11.1 Å². The van der Waals surface area contributed by atoms with Gasteiger partial charge >= 0.3 is 0 Å². The molecule has 4 heteroatoms. The van der Waals surface area contributed by atoms with Gasteiger partial charge in [0.2, 0.25) is 0 Å². The van der Waals surface area contributed by atoms with Crippen molar-refractivity contribution in [3.05, 3.63) is 57.8 Å². The van der Waals surface area contributed by atoms with Gasteiger partial charge in [-0.25, -0.2) is 0 Å². The molecule has 2 rings (SSSR count). The zero-order valence-corrected chi connectivity index (χ0v) is 10.0. The molecule has 2 aromatic rings. The molecular weight excluding hydrogens is 245 g/mol. The fourth-order valence-corrected chi connectivity index (χ4v) is 1.93. The van der Waals surface area contributed by atoms with Gasteiger partial charge in [0.25, 0.3) is 0 Å². The summed E-state index contributed by atoms with van der Waals surface area (Å²) in [6.07, 6.45) is 3.79. The third kappa shape index (κ3) is 2.40. The van der Waals surface area contributed by atoms with Crippen molar-refractivity contribution < 1.29 is 5.11 Å². The summed E-state index contributed by atoms with van der Waals surface area (Å²) < 4.78 is 1.96. The van der Waals surface area contributed by atoms with E-state index in [1.54, 1.807) is 6.07 Å². The van der Waals surface area contributed by atoms with Gasteiger partial charge in [-0.3, -0.25) is 0 Å². The number of hydrogen-bond donors (Lipinski definition) is 1. The molecule has 0 saturated heterocycles. The molecule has 0 bridgehead atoms. The van der Waals surface area contributed by atoms with E-state index in [1.165, 1.54) is 0 Å². The third-order valence-electron chi connectivity index (χ3n) is 2.38. The van der Waals surface area contributed by atoms with Crippen LogP contribution in [0.5, 0.6) is 0 Å². The summed E-state index contributed by atoms with van der Waals surface area (Å²) in [6.45, 7) is 0.704. The van der Waals surface area contributed by atoms with Crippen molar-refractivity contribution in [2.24, 2.45) is 0 Å². The van der Waals surface area contributed by atoms with Gasteiger partial charge in [0, 0.05) is 18.9 Å². The molecule has 0 unspecified atom stereocenters. The standard InChI is InChI=1S/C12H11Cl2NO/c13-11-3-1-2-10(12(11)14)7-15-5-4-9(6-15)8-16/h1-6,16H,7-8H2. The number of hydrogen-bond acceptors (Lipinski definition) is 1. The van der Waals surface area contributed by atoms with Crippen molar-refractivity contribution in [1.29, 1.82) is 0 Å². The van der Waals surface area contributed by atoms with Gasteiger partial charge in [0.15, 0.2) is 0 Å². The van der Waals surface area contributed by atoms with Crippen LogP contribution in [0, 0.1) is 0 Å². The van der Waals surface area contributed by atoms with Crippen molar-refractivity contribution in [2.75, 3.05) is 0 Å². The fraction of sp³-hybridized carbons (Fsp3) is 0.167. The molecule has 0 atom stereocenters. The molecule has 0 amide bonds. The molecule has 16 heavy (non-hydrogen) atoms. The summed E-state index contributed by atoms with van der Waals surface area (Å²) in [5.41, 5.74) is 1.85. The second kappa shape index (κ2) is 4.91. The first-order valence-electron chi connectivity index (χ1n) is 4.89. The SMILES string of the molecule is OCc1ccn(Cc2cccc(Cl)c2Cl)c1. The lowest BCUT2D eigenvalue weighted by atomic mass is 10.2. The topological polar surface area (TPSA) is 25.2 Å². The van der Waals surface area contributed by atoms with Crippen molar-refractivity contribution in [1.82, 2.24) is 4.57 Å². The highest BCUT2D eigenvalue weighted by Crippen LogP contribution is 2.26. The fourth-order valence-electron chi connectivity index (χ4n) is 1.55. The van der Waals surface area contributed by atoms with Crippen LogP contribution in [0.15, 0.2) is 36.7 Å². The minimum absolute atomic E-state index is 0.0519. The highest BCUT2D eigenvalue weighted by molar-refractivity contribution is 6.42. The molecule has 1 heterocycles. The van der Waals surface area contributed by atoms with Gasteiger partial charge in [0.1, 0.15) is 0 Å². The van der Waals surface area contributed by atoms with E-state index in [-0.39, 0.29) is 6.61 Å². The molecule has 0 radical (unpaired) electrons. The maximum atomic E-state index is 8.96. The predicted molar refractivity (Wildman–Crippen MR) is 65.9 cm³/mol. The van der Waals surface area contributed by atoms with Crippen LogP contribution in [-0.4, -0.2) is 9.67 Å². The Bertz CT molecular complexity index is 494. The minimum atomic E-state index is 0.0519. The van der Waals surface area contributed by atoms with Gasteiger partial charge in [-0.2, -0.15) is 0 Å². The lowest BCUT2D eigenvalue weighted by Gasteiger charge is -2.06. The van der Waals surface area contributed by atoms with E-state index >= 15 is 0 Å². The Morgan fingerprint density at radius 1 is 1.19 bits per heavy atom. The third-order valence-corrected chi connectivity index (χ3v) is 3.24. The molecule has 1 aromatic heterocycles. The van der Waals surface area contributed by atoms with Crippen LogP contribution in [0.25, 0.3) is 0 Å². The normalized spacial score (nSPS) is 10.7. The number of benzene rings is 1. The smallest absolute Gasteiger partial charge is 0.0696 e. The predicted octanol–water partition coefficient (Wildman–Crippen LogP) is 3.34. The first kappa shape index (κ1) is 11.5. The van der Waals surface area contributed by atoms with Crippen molar-refractivity contribution in [3.8, 4) is 0 Å². The molecule has 1 N–H and O–H groups in total. The Balaban J connectivity index is 2.23. The zero-order chi connectivity index (χ0) is 11.5. The number of halogens is 2. The van der Waals surface area contributed by atoms with E-state index in [4.69, 9.17) is 28.3 Å². The zero-order valence-electron chi connectivity index (χ0n) is 8.53.